The van der Waals surface area contributed by atoms with Gasteiger partial charge in [0.1, 0.15) is 4.90 Å². The largest absolute Gasteiger partial charge is 0.385 e. The SMILES string of the molecule is COCCCN(CCCCNS(=O)(=O)c1ccc(Cl)cc1Cl)C(=O)NC(C)C. The van der Waals surface area contributed by atoms with Gasteiger partial charge in [-0.2, -0.15) is 0 Å². The molecule has 0 aliphatic carbocycles. The Morgan fingerprint density at radius 1 is 1.18 bits per heavy atom. The van der Waals surface area contributed by atoms with Crippen LogP contribution in [0.2, 0.25) is 10.0 Å². The lowest BCUT2D eigenvalue weighted by Gasteiger charge is -2.24. The molecule has 0 heterocycles. The number of unbranched alkanes of at least 4 members (excludes halogenated alkanes) is 1. The summed E-state index contributed by atoms with van der Waals surface area (Å²) in [7, 11) is -2.09. The molecule has 1 aromatic carbocycles. The van der Waals surface area contributed by atoms with Gasteiger partial charge in [-0.3, -0.25) is 0 Å². The van der Waals surface area contributed by atoms with E-state index in [4.69, 9.17) is 27.9 Å². The molecule has 0 bridgehead atoms. The summed E-state index contributed by atoms with van der Waals surface area (Å²) in [6, 6.07) is 4.17. The van der Waals surface area contributed by atoms with Gasteiger partial charge in [-0.25, -0.2) is 17.9 Å². The monoisotopic (exact) mass is 453 g/mol. The molecule has 0 saturated carbocycles. The number of amides is 2. The van der Waals surface area contributed by atoms with Crippen molar-refractivity contribution in [1.82, 2.24) is 14.9 Å². The molecule has 10 heteroatoms. The van der Waals surface area contributed by atoms with Crippen LogP contribution in [-0.4, -0.2) is 58.7 Å². The van der Waals surface area contributed by atoms with Gasteiger partial charge in [0, 0.05) is 44.4 Å². The summed E-state index contributed by atoms with van der Waals surface area (Å²) in [5.74, 6) is 0. The minimum atomic E-state index is -3.71. The van der Waals surface area contributed by atoms with Crippen molar-refractivity contribution >= 4 is 39.3 Å². The molecule has 0 aliphatic rings. The van der Waals surface area contributed by atoms with Gasteiger partial charge < -0.3 is 15.0 Å². The quantitative estimate of drug-likeness (QED) is 0.473. The zero-order valence-electron chi connectivity index (χ0n) is 16.5. The Labute approximate surface area is 177 Å². The Bertz CT molecular complexity index is 730. The third-order valence-corrected chi connectivity index (χ3v) is 5.99. The maximum absolute atomic E-state index is 12.3. The van der Waals surface area contributed by atoms with Crippen LogP contribution in [0.1, 0.15) is 33.1 Å². The molecule has 160 valence electrons. The summed E-state index contributed by atoms with van der Waals surface area (Å²) >= 11 is 11.8. The van der Waals surface area contributed by atoms with Crippen LogP contribution in [0.5, 0.6) is 0 Å². The standard InChI is InChI=1S/C18H29Cl2N3O4S/c1-14(2)22-18(24)23(11-6-12-27-3)10-5-4-9-21-28(25,26)17-8-7-15(19)13-16(17)20/h7-8,13-14,21H,4-6,9-12H2,1-3H3,(H,22,24). The lowest BCUT2D eigenvalue weighted by Crippen LogP contribution is -2.44. The van der Waals surface area contributed by atoms with E-state index in [1.54, 1.807) is 12.0 Å². The third kappa shape index (κ3) is 8.96. The van der Waals surface area contributed by atoms with Crippen LogP contribution in [0.4, 0.5) is 4.79 Å². The van der Waals surface area contributed by atoms with Crippen LogP contribution in [0.3, 0.4) is 0 Å². The van der Waals surface area contributed by atoms with Gasteiger partial charge in [-0.15, -0.1) is 0 Å². The second kappa shape index (κ2) is 12.5. The van der Waals surface area contributed by atoms with E-state index in [-0.39, 0.29) is 28.5 Å². The predicted octanol–water partition coefficient (Wildman–Crippen LogP) is 3.51. The minimum Gasteiger partial charge on any atom is -0.385 e. The average molecular weight is 454 g/mol. The summed E-state index contributed by atoms with van der Waals surface area (Å²) in [6.45, 7) is 5.75. The van der Waals surface area contributed by atoms with Crippen LogP contribution >= 0.6 is 23.2 Å². The van der Waals surface area contributed by atoms with Crippen molar-refractivity contribution in [2.45, 2.75) is 44.0 Å². The van der Waals surface area contributed by atoms with Gasteiger partial charge in [0.2, 0.25) is 10.0 Å². The number of methoxy groups -OCH3 is 1. The van der Waals surface area contributed by atoms with Crippen molar-refractivity contribution in [3.05, 3.63) is 28.2 Å². The van der Waals surface area contributed by atoms with E-state index >= 15 is 0 Å². The number of sulfonamides is 1. The Morgan fingerprint density at radius 3 is 2.46 bits per heavy atom. The lowest BCUT2D eigenvalue weighted by molar-refractivity contribution is 0.166. The second-order valence-corrected chi connectivity index (χ2v) is 9.20. The lowest BCUT2D eigenvalue weighted by atomic mass is 10.3. The van der Waals surface area contributed by atoms with Crippen molar-refractivity contribution in [2.24, 2.45) is 0 Å². The minimum absolute atomic E-state index is 0.00364. The van der Waals surface area contributed by atoms with Gasteiger partial charge in [0.15, 0.2) is 0 Å². The Kier molecular flexibility index (Phi) is 11.1. The highest BCUT2D eigenvalue weighted by Crippen LogP contribution is 2.24. The molecule has 0 radical (unpaired) electrons. The third-order valence-electron chi connectivity index (χ3n) is 3.81. The highest BCUT2D eigenvalue weighted by atomic mass is 35.5. The number of halogens is 2. The molecule has 0 unspecified atom stereocenters. The molecule has 0 aromatic heterocycles. The number of nitrogens with zero attached hydrogens (tertiary/aromatic N) is 1. The number of ether oxygens (including phenoxy) is 1. The van der Waals surface area contributed by atoms with Crippen LogP contribution in [-0.2, 0) is 14.8 Å². The molecule has 0 spiro atoms. The predicted molar refractivity (Wildman–Crippen MR) is 113 cm³/mol. The number of carbonyl (C=O) groups is 1. The van der Waals surface area contributed by atoms with E-state index in [1.165, 1.54) is 18.2 Å². The molecule has 2 N–H and O–H groups in total. The first-order valence-electron chi connectivity index (χ1n) is 9.16. The molecule has 2 amide bonds. The molecule has 1 aromatic rings. The fraction of sp³-hybridized carbons (Fsp3) is 0.611. The Hall–Kier alpha value is -1.06. The number of hydrogen-bond acceptors (Lipinski definition) is 4. The summed E-state index contributed by atoms with van der Waals surface area (Å²) in [6.07, 6.45) is 1.99. The zero-order valence-corrected chi connectivity index (χ0v) is 18.8. The van der Waals surface area contributed by atoms with Crippen molar-refractivity contribution < 1.29 is 17.9 Å². The van der Waals surface area contributed by atoms with Crippen LogP contribution in [0.25, 0.3) is 0 Å². The summed E-state index contributed by atoms with van der Waals surface area (Å²) in [5, 5.41) is 3.33. The average Bonchev–Trinajstić information content (AvgIpc) is 2.58. The number of benzene rings is 1. The Morgan fingerprint density at radius 2 is 1.86 bits per heavy atom. The van der Waals surface area contributed by atoms with Crippen LogP contribution < -0.4 is 10.0 Å². The highest BCUT2D eigenvalue weighted by Gasteiger charge is 2.18. The van der Waals surface area contributed by atoms with Gasteiger partial charge in [0.25, 0.3) is 0 Å². The Balaban J connectivity index is 2.49. The van der Waals surface area contributed by atoms with E-state index in [2.05, 4.69) is 10.0 Å². The van der Waals surface area contributed by atoms with Crippen LogP contribution in [0.15, 0.2) is 23.1 Å². The van der Waals surface area contributed by atoms with Gasteiger partial charge in [-0.1, -0.05) is 23.2 Å². The van der Waals surface area contributed by atoms with Gasteiger partial charge in [-0.05, 0) is 51.3 Å². The summed E-state index contributed by atoms with van der Waals surface area (Å²) in [5.41, 5.74) is 0. The molecule has 28 heavy (non-hydrogen) atoms. The molecule has 0 atom stereocenters. The van der Waals surface area contributed by atoms with Crippen LogP contribution in [0, 0.1) is 0 Å². The second-order valence-electron chi connectivity index (χ2n) is 6.62. The molecule has 0 fully saturated rings. The van der Waals surface area contributed by atoms with E-state index in [9.17, 15) is 13.2 Å². The number of carbonyl (C=O) groups excluding carboxylic acids is 1. The van der Waals surface area contributed by atoms with Gasteiger partial charge >= 0.3 is 6.03 Å². The first kappa shape index (κ1) is 25.0. The maximum Gasteiger partial charge on any atom is 0.317 e. The van der Waals surface area contributed by atoms with Crippen molar-refractivity contribution in [2.75, 3.05) is 33.4 Å². The molecule has 0 aliphatic heterocycles. The molecule has 7 nitrogen and oxygen atoms in total. The molecule has 0 saturated heterocycles. The first-order chi connectivity index (χ1) is 13.2. The molecule has 1 rings (SSSR count). The number of nitrogens with one attached hydrogen (secondary N) is 2. The van der Waals surface area contributed by atoms with Crippen molar-refractivity contribution in [3.63, 3.8) is 0 Å². The van der Waals surface area contributed by atoms with Crippen molar-refractivity contribution in [1.29, 1.82) is 0 Å². The highest BCUT2D eigenvalue weighted by molar-refractivity contribution is 7.89. The van der Waals surface area contributed by atoms with E-state index in [0.717, 1.165) is 6.42 Å². The topological polar surface area (TPSA) is 87.7 Å². The summed E-state index contributed by atoms with van der Waals surface area (Å²) in [4.78, 5) is 14.0. The number of urea groups is 1. The number of hydrogen-bond donors (Lipinski definition) is 2. The summed E-state index contributed by atoms with van der Waals surface area (Å²) < 4.78 is 32.2. The molecular weight excluding hydrogens is 425 g/mol. The van der Waals surface area contributed by atoms with Gasteiger partial charge in [0.05, 0.1) is 5.02 Å². The number of rotatable bonds is 12. The fourth-order valence-electron chi connectivity index (χ4n) is 2.46. The normalized spacial score (nSPS) is 11.6. The molecular formula is C18H29Cl2N3O4S. The fourth-order valence-corrected chi connectivity index (χ4v) is 4.30. The van der Waals surface area contributed by atoms with E-state index in [1.807, 2.05) is 13.8 Å². The zero-order chi connectivity index (χ0) is 21.2. The smallest absolute Gasteiger partial charge is 0.317 e. The van der Waals surface area contributed by atoms with E-state index in [0.29, 0.717) is 37.6 Å². The van der Waals surface area contributed by atoms with Crippen molar-refractivity contribution in [3.8, 4) is 0 Å². The maximum atomic E-state index is 12.3. The van der Waals surface area contributed by atoms with E-state index < -0.39 is 10.0 Å². The first-order valence-corrected chi connectivity index (χ1v) is 11.4.